The Labute approximate surface area is 200 Å². The van der Waals surface area contributed by atoms with Gasteiger partial charge in [-0.3, -0.25) is 4.79 Å². The second-order valence-electron chi connectivity index (χ2n) is 8.76. The van der Waals surface area contributed by atoms with Crippen LogP contribution in [0, 0.1) is 0 Å². The number of benzene rings is 3. The molecule has 1 aliphatic heterocycles. The van der Waals surface area contributed by atoms with Crippen molar-refractivity contribution in [3.05, 3.63) is 120 Å². The van der Waals surface area contributed by atoms with Crippen molar-refractivity contribution in [3.8, 4) is 0 Å². The number of carbonyl (C=O) groups excluding carboxylic acids is 1. The van der Waals surface area contributed by atoms with E-state index < -0.39 is 0 Å². The Morgan fingerprint density at radius 2 is 1.53 bits per heavy atom. The van der Waals surface area contributed by atoms with Gasteiger partial charge in [0.1, 0.15) is 6.04 Å². The zero-order valence-electron chi connectivity index (χ0n) is 19.1. The Bertz CT molecular complexity index is 1150. The largest absolute Gasteiger partial charge is 0.349 e. The summed E-state index contributed by atoms with van der Waals surface area (Å²) < 4.78 is 1.77. The van der Waals surface area contributed by atoms with Gasteiger partial charge in [0.2, 0.25) is 0 Å². The lowest BCUT2D eigenvalue weighted by Gasteiger charge is -2.18. The summed E-state index contributed by atoms with van der Waals surface area (Å²) in [6, 6.07) is 30.8. The summed E-state index contributed by atoms with van der Waals surface area (Å²) in [4.78, 5) is 15.2. The second kappa shape index (κ2) is 10.4. The highest BCUT2D eigenvalue weighted by molar-refractivity contribution is 5.91. The quantitative estimate of drug-likeness (QED) is 0.437. The van der Waals surface area contributed by atoms with Crippen LogP contribution in [0.4, 0.5) is 0 Å². The lowest BCUT2D eigenvalue weighted by Crippen LogP contribution is -2.34. The van der Waals surface area contributed by atoms with Crippen LogP contribution >= 0.6 is 0 Å². The lowest BCUT2D eigenvalue weighted by atomic mass is 9.99. The zero-order valence-corrected chi connectivity index (χ0v) is 19.1. The molecule has 1 saturated heterocycles. The van der Waals surface area contributed by atoms with Crippen molar-refractivity contribution < 1.29 is 4.79 Å². The first kappa shape index (κ1) is 22.0. The molecule has 0 saturated carbocycles. The fourth-order valence-corrected chi connectivity index (χ4v) is 4.73. The van der Waals surface area contributed by atoms with E-state index in [9.17, 15) is 4.79 Å². The number of hydrogen-bond donors (Lipinski definition) is 1. The van der Waals surface area contributed by atoms with Gasteiger partial charge in [0.15, 0.2) is 5.69 Å². The number of aromatic nitrogens is 3. The molecule has 6 heteroatoms. The van der Waals surface area contributed by atoms with E-state index in [0.717, 1.165) is 37.2 Å². The SMILES string of the molecule is O=C(NCCN1CCC(c2ccccc2)C1)c1cn(C(c2ccccc2)c2ccccc2)nn1. The number of nitrogens with one attached hydrogen (secondary N) is 1. The Kier molecular flexibility index (Phi) is 6.77. The Balaban J connectivity index is 1.20. The van der Waals surface area contributed by atoms with Crippen molar-refractivity contribution in [2.75, 3.05) is 26.2 Å². The molecule has 5 rings (SSSR count). The molecule has 1 N–H and O–H groups in total. The fraction of sp³-hybridized carbons (Fsp3) is 0.250. The van der Waals surface area contributed by atoms with Gasteiger partial charge in [-0.1, -0.05) is 96.2 Å². The van der Waals surface area contributed by atoms with E-state index >= 15 is 0 Å². The smallest absolute Gasteiger partial charge is 0.273 e. The Hall–Kier alpha value is -3.77. The van der Waals surface area contributed by atoms with Gasteiger partial charge in [-0.15, -0.1) is 5.10 Å². The third-order valence-corrected chi connectivity index (χ3v) is 6.50. The van der Waals surface area contributed by atoms with Crippen LogP contribution < -0.4 is 5.32 Å². The van der Waals surface area contributed by atoms with Crippen molar-refractivity contribution in [3.63, 3.8) is 0 Å². The van der Waals surface area contributed by atoms with Gasteiger partial charge < -0.3 is 10.2 Å². The molecule has 0 radical (unpaired) electrons. The first-order valence-corrected chi connectivity index (χ1v) is 11.8. The number of rotatable bonds is 8. The highest BCUT2D eigenvalue weighted by Crippen LogP contribution is 2.27. The van der Waals surface area contributed by atoms with E-state index in [1.165, 1.54) is 5.56 Å². The number of carbonyl (C=O) groups is 1. The van der Waals surface area contributed by atoms with Crippen LogP contribution in [0.15, 0.2) is 97.2 Å². The van der Waals surface area contributed by atoms with Crippen molar-refractivity contribution in [1.29, 1.82) is 0 Å². The fourth-order valence-electron chi connectivity index (χ4n) is 4.73. The number of likely N-dealkylation sites (tertiary alicyclic amines) is 1. The Morgan fingerprint density at radius 1 is 0.912 bits per heavy atom. The standard InChI is InChI=1S/C28H29N5O/c34-28(29-17-19-32-18-16-25(20-32)22-10-4-1-5-11-22)26-21-33(31-30-26)27(23-12-6-2-7-13-23)24-14-8-3-9-15-24/h1-15,21,25,27H,16-20H2,(H,29,34). The molecule has 0 aliphatic carbocycles. The van der Waals surface area contributed by atoms with Crippen LogP contribution in [0.2, 0.25) is 0 Å². The molecule has 1 atom stereocenters. The molecule has 1 unspecified atom stereocenters. The van der Waals surface area contributed by atoms with Crippen LogP contribution in [0.25, 0.3) is 0 Å². The normalized spacial score (nSPS) is 16.1. The summed E-state index contributed by atoms with van der Waals surface area (Å²) in [5, 5.41) is 11.5. The Morgan fingerprint density at radius 3 is 2.18 bits per heavy atom. The maximum absolute atomic E-state index is 12.8. The molecule has 3 aromatic carbocycles. The van der Waals surface area contributed by atoms with Gasteiger partial charge >= 0.3 is 0 Å². The van der Waals surface area contributed by atoms with E-state index in [2.05, 4.69) is 75.1 Å². The predicted molar refractivity (Wildman–Crippen MR) is 133 cm³/mol. The summed E-state index contributed by atoms with van der Waals surface area (Å²) in [5.41, 5.74) is 3.91. The van der Waals surface area contributed by atoms with E-state index in [-0.39, 0.29) is 11.9 Å². The molecule has 1 amide bonds. The molecule has 6 nitrogen and oxygen atoms in total. The summed E-state index contributed by atoms with van der Waals surface area (Å²) in [7, 11) is 0. The summed E-state index contributed by atoms with van der Waals surface area (Å²) in [6.45, 7) is 3.52. The van der Waals surface area contributed by atoms with Gasteiger partial charge in [-0.05, 0) is 35.6 Å². The van der Waals surface area contributed by atoms with Crippen LogP contribution in [-0.4, -0.2) is 52.0 Å². The van der Waals surface area contributed by atoms with Crippen molar-refractivity contribution in [2.24, 2.45) is 0 Å². The van der Waals surface area contributed by atoms with Crippen molar-refractivity contribution >= 4 is 5.91 Å². The monoisotopic (exact) mass is 451 g/mol. The molecule has 1 aliphatic rings. The lowest BCUT2D eigenvalue weighted by molar-refractivity contribution is 0.0944. The third-order valence-electron chi connectivity index (χ3n) is 6.50. The molecule has 1 aromatic heterocycles. The van der Waals surface area contributed by atoms with E-state index in [1.54, 1.807) is 10.9 Å². The zero-order chi connectivity index (χ0) is 23.2. The number of nitrogens with zero attached hydrogens (tertiary/aromatic N) is 4. The maximum Gasteiger partial charge on any atom is 0.273 e. The second-order valence-corrected chi connectivity index (χ2v) is 8.76. The topological polar surface area (TPSA) is 63.1 Å². The number of amides is 1. The van der Waals surface area contributed by atoms with Gasteiger partial charge in [0.25, 0.3) is 5.91 Å². The minimum Gasteiger partial charge on any atom is -0.349 e. The molecule has 172 valence electrons. The van der Waals surface area contributed by atoms with Crippen LogP contribution in [0.3, 0.4) is 0 Å². The summed E-state index contributed by atoms with van der Waals surface area (Å²) in [6.07, 6.45) is 2.90. The molecule has 2 heterocycles. The minimum atomic E-state index is -0.190. The first-order chi connectivity index (χ1) is 16.8. The average Bonchev–Trinajstić information content (AvgIpc) is 3.57. The van der Waals surface area contributed by atoms with E-state index in [4.69, 9.17) is 0 Å². The molecular formula is C28H29N5O. The van der Waals surface area contributed by atoms with Gasteiger partial charge in [-0.25, -0.2) is 4.68 Å². The molecule has 34 heavy (non-hydrogen) atoms. The van der Waals surface area contributed by atoms with Crippen molar-refractivity contribution in [2.45, 2.75) is 18.4 Å². The van der Waals surface area contributed by atoms with Gasteiger partial charge in [0, 0.05) is 19.6 Å². The predicted octanol–water partition coefficient (Wildman–Crippen LogP) is 4.14. The number of hydrogen-bond acceptors (Lipinski definition) is 4. The van der Waals surface area contributed by atoms with Gasteiger partial charge in [-0.2, -0.15) is 0 Å². The molecule has 1 fully saturated rings. The highest BCUT2D eigenvalue weighted by Gasteiger charge is 2.24. The maximum atomic E-state index is 12.8. The van der Waals surface area contributed by atoms with Crippen LogP contribution in [0.1, 0.15) is 45.6 Å². The van der Waals surface area contributed by atoms with E-state index in [0.29, 0.717) is 18.2 Å². The van der Waals surface area contributed by atoms with E-state index in [1.807, 2.05) is 36.4 Å². The minimum absolute atomic E-state index is 0.143. The first-order valence-electron chi connectivity index (χ1n) is 11.8. The van der Waals surface area contributed by atoms with Crippen LogP contribution in [-0.2, 0) is 0 Å². The third kappa shape index (κ3) is 5.07. The molecule has 0 bridgehead atoms. The molecular weight excluding hydrogens is 422 g/mol. The summed E-state index contributed by atoms with van der Waals surface area (Å²) in [5.74, 6) is 0.384. The average molecular weight is 452 g/mol. The summed E-state index contributed by atoms with van der Waals surface area (Å²) >= 11 is 0. The van der Waals surface area contributed by atoms with Crippen molar-refractivity contribution in [1.82, 2.24) is 25.2 Å². The molecule has 0 spiro atoms. The highest BCUT2D eigenvalue weighted by atomic mass is 16.2. The molecule has 4 aromatic rings. The van der Waals surface area contributed by atoms with Gasteiger partial charge in [0.05, 0.1) is 6.20 Å². The van der Waals surface area contributed by atoms with Crippen LogP contribution in [0.5, 0.6) is 0 Å².